The van der Waals surface area contributed by atoms with E-state index in [0.29, 0.717) is 6.42 Å². The molecule has 0 radical (unpaired) electrons. The highest BCUT2D eigenvalue weighted by Gasteiger charge is 2.13. The second-order valence-electron chi connectivity index (χ2n) is 2.57. The third-order valence-electron chi connectivity index (χ3n) is 0.805. The van der Waals surface area contributed by atoms with E-state index < -0.39 is 5.60 Å². The molecule has 0 rings (SSSR count). The van der Waals surface area contributed by atoms with E-state index in [2.05, 4.69) is 0 Å². The third-order valence-corrected chi connectivity index (χ3v) is 2.05. The van der Waals surface area contributed by atoms with Gasteiger partial charge in [-0.2, -0.15) is 0 Å². The molecule has 0 aliphatic heterocycles. The van der Waals surface area contributed by atoms with Crippen LogP contribution in [0.4, 0.5) is 0 Å². The molecule has 0 saturated carbocycles. The van der Waals surface area contributed by atoms with Crippen LogP contribution in [-0.4, -0.2) is 21.2 Å². The Bertz CT molecular complexity index is 104. The maximum absolute atomic E-state index is 9.22. The Kier molecular flexibility index (Phi) is 3.70. The lowest BCUT2D eigenvalue weighted by Crippen LogP contribution is -2.20. The fourth-order valence-electron chi connectivity index (χ4n) is 0.425. The lowest BCUT2D eigenvalue weighted by molar-refractivity contribution is 0.0898. The van der Waals surface area contributed by atoms with E-state index in [-0.39, 0.29) is 0 Å². The number of thiocarbonyl (C=S) groups is 1. The lowest BCUT2D eigenvalue weighted by Gasteiger charge is -2.15. The minimum Gasteiger partial charge on any atom is -0.390 e. The summed E-state index contributed by atoms with van der Waals surface area (Å²) >= 11 is 6.43. The van der Waals surface area contributed by atoms with E-state index in [0.717, 1.165) is 4.20 Å². The van der Waals surface area contributed by atoms with Crippen molar-refractivity contribution in [1.82, 2.24) is 0 Å². The second kappa shape index (κ2) is 3.54. The van der Waals surface area contributed by atoms with E-state index in [1.807, 2.05) is 6.26 Å². The molecule has 0 aliphatic carbocycles. The van der Waals surface area contributed by atoms with Gasteiger partial charge in [0.15, 0.2) is 0 Å². The SMILES string of the molecule is CSC(=S)CC(C)(C)O. The van der Waals surface area contributed by atoms with E-state index in [1.165, 1.54) is 11.8 Å². The molecule has 0 bridgehead atoms. The van der Waals surface area contributed by atoms with Crippen LogP contribution >= 0.6 is 24.0 Å². The average molecular weight is 164 g/mol. The molecule has 0 saturated heterocycles. The van der Waals surface area contributed by atoms with E-state index in [4.69, 9.17) is 12.2 Å². The first-order chi connectivity index (χ1) is 3.95. The Balaban J connectivity index is 3.60. The Morgan fingerprint density at radius 1 is 1.67 bits per heavy atom. The van der Waals surface area contributed by atoms with Crippen LogP contribution in [0, 0.1) is 0 Å². The van der Waals surface area contributed by atoms with Crippen LogP contribution in [0.1, 0.15) is 20.3 Å². The Labute approximate surface area is 65.8 Å². The standard InChI is InChI=1S/C6H12OS2/c1-6(2,7)4-5(8)9-3/h7H,4H2,1-3H3. The Morgan fingerprint density at radius 2 is 2.11 bits per heavy atom. The number of thioether (sulfide) groups is 1. The summed E-state index contributed by atoms with van der Waals surface area (Å²) in [5.74, 6) is 0. The normalized spacial score (nSPS) is 11.6. The van der Waals surface area contributed by atoms with Crippen LogP contribution in [0.15, 0.2) is 0 Å². The largest absolute Gasteiger partial charge is 0.390 e. The zero-order valence-electron chi connectivity index (χ0n) is 5.97. The predicted octanol–water partition coefficient (Wildman–Crippen LogP) is 1.84. The number of aliphatic hydroxyl groups is 1. The predicted molar refractivity (Wildman–Crippen MR) is 47.0 cm³/mol. The first-order valence-corrected chi connectivity index (χ1v) is 4.38. The molecule has 1 nitrogen and oxygen atoms in total. The maximum atomic E-state index is 9.22. The van der Waals surface area contributed by atoms with Gasteiger partial charge < -0.3 is 5.11 Å². The van der Waals surface area contributed by atoms with Crippen molar-refractivity contribution in [2.24, 2.45) is 0 Å². The zero-order valence-corrected chi connectivity index (χ0v) is 7.60. The van der Waals surface area contributed by atoms with Crippen LogP contribution in [0.2, 0.25) is 0 Å². The van der Waals surface area contributed by atoms with Gasteiger partial charge in [0.05, 0.1) is 9.80 Å². The van der Waals surface area contributed by atoms with E-state index >= 15 is 0 Å². The van der Waals surface area contributed by atoms with Gasteiger partial charge in [0, 0.05) is 6.42 Å². The highest BCUT2D eigenvalue weighted by atomic mass is 32.2. The average Bonchev–Trinajstić information content (AvgIpc) is 1.62. The number of hydrogen-bond acceptors (Lipinski definition) is 3. The highest BCUT2D eigenvalue weighted by molar-refractivity contribution is 8.22. The topological polar surface area (TPSA) is 20.2 Å². The molecule has 9 heavy (non-hydrogen) atoms. The summed E-state index contributed by atoms with van der Waals surface area (Å²) in [6.45, 7) is 3.52. The summed E-state index contributed by atoms with van der Waals surface area (Å²) in [5.41, 5.74) is -0.639. The summed E-state index contributed by atoms with van der Waals surface area (Å²) in [4.78, 5) is 0. The molecule has 0 fully saturated rings. The van der Waals surface area contributed by atoms with Crippen LogP contribution in [0.5, 0.6) is 0 Å². The van der Waals surface area contributed by atoms with Crippen molar-refractivity contribution < 1.29 is 5.11 Å². The lowest BCUT2D eigenvalue weighted by atomic mass is 10.1. The molecular weight excluding hydrogens is 152 g/mol. The molecular formula is C6H12OS2. The van der Waals surface area contributed by atoms with Crippen molar-refractivity contribution >= 4 is 28.2 Å². The van der Waals surface area contributed by atoms with Crippen LogP contribution < -0.4 is 0 Å². The molecule has 0 heterocycles. The molecule has 0 aromatic heterocycles. The van der Waals surface area contributed by atoms with Crippen LogP contribution in [-0.2, 0) is 0 Å². The van der Waals surface area contributed by atoms with Crippen molar-refractivity contribution in [2.75, 3.05) is 6.26 Å². The van der Waals surface area contributed by atoms with Crippen molar-refractivity contribution in [3.63, 3.8) is 0 Å². The van der Waals surface area contributed by atoms with Gasteiger partial charge in [0.1, 0.15) is 0 Å². The summed E-state index contributed by atoms with van der Waals surface area (Å²) in [7, 11) is 0. The Hall–Kier alpha value is 0.400. The first-order valence-electron chi connectivity index (χ1n) is 2.75. The highest BCUT2D eigenvalue weighted by Crippen LogP contribution is 2.13. The van der Waals surface area contributed by atoms with E-state index in [9.17, 15) is 5.11 Å². The Morgan fingerprint density at radius 3 is 2.22 bits per heavy atom. The smallest absolute Gasteiger partial charge is 0.0645 e. The summed E-state index contributed by atoms with van der Waals surface area (Å²) in [6.07, 6.45) is 2.53. The molecule has 0 amide bonds. The van der Waals surface area contributed by atoms with Gasteiger partial charge in [0.25, 0.3) is 0 Å². The van der Waals surface area contributed by atoms with Gasteiger partial charge >= 0.3 is 0 Å². The molecule has 0 spiro atoms. The first kappa shape index (κ1) is 9.40. The van der Waals surface area contributed by atoms with Gasteiger partial charge in [-0.25, -0.2) is 0 Å². The minimum atomic E-state index is -0.639. The molecule has 0 aliphatic rings. The molecule has 0 unspecified atom stereocenters. The quantitative estimate of drug-likeness (QED) is 0.629. The molecule has 0 aromatic carbocycles. The molecule has 3 heteroatoms. The second-order valence-corrected chi connectivity index (χ2v) is 4.22. The monoisotopic (exact) mass is 164 g/mol. The van der Waals surface area contributed by atoms with Crippen molar-refractivity contribution in [3.05, 3.63) is 0 Å². The third kappa shape index (κ3) is 6.28. The molecule has 0 atom stereocenters. The molecule has 0 aromatic rings. The van der Waals surface area contributed by atoms with E-state index in [1.54, 1.807) is 13.8 Å². The molecule has 54 valence electrons. The van der Waals surface area contributed by atoms with Gasteiger partial charge in [-0.3, -0.25) is 0 Å². The summed E-state index contributed by atoms with van der Waals surface area (Å²) in [6, 6.07) is 0. The zero-order chi connectivity index (χ0) is 7.49. The number of hydrogen-bond donors (Lipinski definition) is 1. The van der Waals surface area contributed by atoms with Crippen LogP contribution in [0.3, 0.4) is 0 Å². The minimum absolute atomic E-state index is 0.601. The van der Waals surface area contributed by atoms with Crippen molar-refractivity contribution in [3.8, 4) is 0 Å². The molecule has 1 N–H and O–H groups in total. The van der Waals surface area contributed by atoms with Crippen molar-refractivity contribution in [2.45, 2.75) is 25.9 Å². The van der Waals surface area contributed by atoms with Crippen molar-refractivity contribution in [1.29, 1.82) is 0 Å². The van der Waals surface area contributed by atoms with Gasteiger partial charge in [-0.1, -0.05) is 12.2 Å². The summed E-state index contributed by atoms with van der Waals surface area (Å²) < 4.78 is 0.863. The van der Waals surface area contributed by atoms with Gasteiger partial charge in [-0.15, -0.1) is 11.8 Å². The van der Waals surface area contributed by atoms with Crippen LogP contribution in [0.25, 0.3) is 0 Å². The van der Waals surface area contributed by atoms with Gasteiger partial charge in [0.2, 0.25) is 0 Å². The fourth-order valence-corrected chi connectivity index (χ4v) is 1.28. The maximum Gasteiger partial charge on any atom is 0.0645 e. The summed E-state index contributed by atoms with van der Waals surface area (Å²) in [5, 5.41) is 9.22. The van der Waals surface area contributed by atoms with Gasteiger partial charge in [-0.05, 0) is 20.1 Å². The fraction of sp³-hybridized carbons (Fsp3) is 0.833. The number of rotatable bonds is 2.